The van der Waals surface area contributed by atoms with Crippen LogP contribution in [0.4, 0.5) is 11.4 Å². The fourth-order valence-corrected chi connectivity index (χ4v) is 2.41. The van der Waals surface area contributed by atoms with Gasteiger partial charge in [0.2, 0.25) is 10.8 Å². The van der Waals surface area contributed by atoms with Gasteiger partial charge in [0.15, 0.2) is 9.95 Å². The molecule has 8 nitrogen and oxygen atoms in total. The van der Waals surface area contributed by atoms with Gasteiger partial charge in [0, 0.05) is 42.6 Å². The van der Waals surface area contributed by atoms with Gasteiger partial charge in [0.1, 0.15) is 0 Å². The third-order valence-corrected chi connectivity index (χ3v) is 3.52. The van der Waals surface area contributed by atoms with Crippen LogP contribution >= 0.6 is 31.9 Å². The average Bonchev–Trinajstić information content (AvgIpc) is 2.46. The number of aryl methyl sites for hydroxylation is 2. The van der Waals surface area contributed by atoms with Gasteiger partial charge in [0.25, 0.3) is 0 Å². The number of diazo groups is 2. The van der Waals surface area contributed by atoms with E-state index in [1.165, 1.54) is 0 Å². The molecule has 11 heteroatoms. The summed E-state index contributed by atoms with van der Waals surface area (Å²) in [6.07, 6.45) is 0. The lowest BCUT2D eigenvalue weighted by molar-refractivity contribution is 0.352. The summed E-state index contributed by atoms with van der Waals surface area (Å²) >= 11 is 6.60. The van der Waals surface area contributed by atoms with Gasteiger partial charge in [-0.2, -0.15) is 0 Å². The lowest BCUT2D eigenvalue weighted by Gasteiger charge is -2.06. The third kappa shape index (κ3) is 11.3. The first-order valence-electron chi connectivity index (χ1n) is 6.37. The lowest BCUT2D eigenvalue weighted by atomic mass is 10.2. The summed E-state index contributed by atoms with van der Waals surface area (Å²) in [5, 5.41) is 16.8. The molecule has 0 spiro atoms. The van der Waals surface area contributed by atoms with E-state index in [2.05, 4.69) is 41.8 Å². The van der Waals surface area contributed by atoms with E-state index in [0.29, 0.717) is 11.4 Å². The molecule has 0 heterocycles. The summed E-state index contributed by atoms with van der Waals surface area (Å²) in [4.78, 5) is 6.18. The predicted octanol–water partition coefficient (Wildman–Crippen LogP) is 5.15. The molecule has 0 fully saturated rings. The standard InChI is InChI=1S/2C7H6BrN2.H2O4S/c2*1-5-4-6(8)2-3-7(5)10-9;1-5(2,3)4/h2*2-4H,1H3;(H2,1,2,3,4)/q2*+1;/p-2. The molecule has 0 saturated carbocycles. The second kappa shape index (κ2) is 10.9. The zero-order valence-electron chi connectivity index (χ0n) is 13.1. The van der Waals surface area contributed by atoms with Crippen LogP contribution in [0.25, 0.3) is 9.95 Å². The number of benzene rings is 2. The minimum absolute atomic E-state index is 0.614. The molecule has 25 heavy (non-hydrogen) atoms. The van der Waals surface area contributed by atoms with Crippen molar-refractivity contribution in [2.75, 3.05) is 0 Å². The lowest BCUT2D eigenvalue weighted by Crippen LogP contribution is -1.91. The van der Waals surface area contributed by atoms with E-state index in [4.69, 9.17) is 28.3 Å². The monoisotopic (exact) mass is 490 g/mol. The van der Waals surface area contributed by atoms with E-state index < -0.39 is 10.4 Å². The maximum Gasteiger partial charge on any atom is 0.387 e. The average molecular weight is 492 g/mol. The fourth-order valence-electron chi connectivity index (χ4n) is 1.46. The summed E-state index contributed by atoms with van der Waals surface area (Å²) in [5.74, 6) is 0. The maximum atomic E-state index is 8.52. The van der Waals surface area contributed by atoms with Gasteiger partial charge in [-0.25, -0.2) is 0 Å². The molecular formula is C14H12Br2N4O4S. The van der Waals surface area contributed by atoms with Crippen molar-refractivity contribution in [1.29, 1.82) is 10.8 Å². The van der Waals surface area contributed by atoms with Gasteiger partial charge < -0.3 is 9.11 Å². The third-order valence-electron chi connectivity index (χ3n) is 2.53. The molecule has 0 radical (unpaired) electrons. The Morgan fingerprint density at radius 1 is 0.840 bits per heavy atom. The van der Waals surface area contributed by atoms with Crippen LogP contribution in [0.3, 0.4) is 0 Å². The molecule has 0 N–H and O–H groups in total. The van der Waals surface area contributed by atoms with Gasteiger partial charge in [-0.3, -0.25) is 8.42 Å². The zero-order chi connectivity index (χ0) is 19.6. The summed E-state index contributed by atoms with van der Waals surface area (Å²) in [7, 11) is -5.17. The number of rotatable bonds is 0. The Hall–Kier alpha value is -1.89. The molecule has 0 aromatic heterocycles. The van der Waals surface area contributed by atoms with Crippen LogP contribution in [0.5, 0.6) is 0 Å². The number of hydrogen-bond donors (Lipinski definition) is 0. The number of hydrogen-bond acceptors (Lipinski definition) is 6. The van der Waals surface area contributed by atoms with Crippen LogP contribution < -0.4 is 0 Å². The zero-order valence-corrected chi connectivity index (χ0v) is 17.0. The van der Waals surface area contributed by atoms with E-state index in [0.717, 1.165) is 20.1 Å². The first-order valence-corrected chi connectivity index (χ1v) is 9.29. The van der Waals surface area contributed by atoms with Gasteiger partial charge >= 0.3 is 11.4 Å². The van der Waals surface area contributed by atoms with E-state index in [-0.39, 0.29) is 0 Å². The minimum atomic E-state index is -5.17. The van der Waals surface area contributed by atoms with Crippen molar-refractivity contribution in [3.63, 3.8) is 0 Å². The Morgan fingerprint density at radius 2 is 1.12 bits per heavy atom. The Bertz CT molecular complexity index is 852. The molecule has 2 aromatic rings. The highest BCUT2D eigenvalue weighted by Gasteiger charge is 2.08. The molecule has 0 aliphatic carbocycles. The Labute approximate surface area is 162 Å². The van der Waals surface area contributed by atoms with Crippen LogP contribution in [0, 0.1) is 24.6 Å². The molecule has 132 valence electrons. The molecular weight excluding hydrogens is 480 g/mol. The summed E-state index contributed by atoms with van der Waals surface area (Å²) < 4.78 is 36.1. The van der Waals surface area contributed by atoms with E-state index in [1.54, 1.807) is 12.1 Å². The van der Waals surface area contributed by atoms with E-state index in [9.17, 15) is 0 Å². The summed E-state index contributed by atoms with van der Waals surface area (Å²) in [6.45, 7) is 3.78. The second-order valence-corrected chi connectivity index (χ2v) is 7.12. The van der Waals surface area contributed by atoms with Crippen molar-refractivity contribution < 1.29 is 17.5 Å². The van der Waals surface area contributed by atoms with Crippen LogP contribution in [-0.2, 0) is 10.4 Å². The molecule has 0 saturated heterocycles. The van der Waals surface area contributed by atoms with Gasteiger partial charge in [0.05, 0.1) is 0 Å². The SMILES string of the molecule is Cc1cc(Br)ccc1[N+]#N.Cc1cc(Br)ccc1[N+]#N.O=S(=O)([O-])[O-]. The van der Waals surface area contributed by atoms with Gasteiger partial charge in [-0.15, -0.1) is 0 Å². The largest absolute Gasteiger partial charge is 0.759 e. The summed E-state index contributed by atoms with van der Waals surface area (Å²) in [5.41, 5.74) is 3.14. The normalized spacial score (nSPS) is 9.44. The Balaban J connectivity index is 0.000000368. The van der Waals surface area contributed by atoms with Crippen molar-refractivity contribution in [3.05, 3.63) is 66.4 Å². The number of halogens is 2. The van der Waals surface area contributed by atoms with Gasteiger partial charge in [-0.1, -0.05) is 31.9 Å². The van der Waals surface area contributed by atoms with Crippen molar-refractivity contribution in [2.24, 2.45) is 0 Å². The molecule has 2 aromatic carbocycles. The van der Waals surface area contributed by atoms with Crippen LogP contribution in [0.1, 0.15) is 11.1 Å². The molecule has 0 bridgehead atoms. The maximum absolute atomic E-state index is 8.52. The van der Waals surface area contributed by atoms with Crippen LogP contribution in [0.15, 0.2) is 45.3 Å². The van der Waals surface area contributed by atoms with Gasteiger partial charge in [-0.05, 0) is 38.1 Å². The predicted molar refractivity (Wildman–Crippen MR) is 97.7 cm³/mol. The first kappa shape index (κ1) is 23.1. The molecule has 0 aliphatic heterocycles. The van der Waals surface area contributed by atoms with Crippen molar-refractivity contribution in [3.8, 4) is 0 Å². The molecule has 0 amide bonds. The number of nitrogens with zero attached hydrogens (tertiary/aromatic N) is 4. The van der Waals surface area contributed by atoms with Crippen molar-refractivity contribution in [2.45, 2.75) is 13.8 Å². The minimum Gasteiger partial charge on any atom is -0.759 e. The van der Waals surface area contributed by atoms with Crippen LogP contribution in [0.2, 0.25) is 0 Å². The highest BCUT2D eigenvalue weighted by atomic mass is 79.9. The van der Waals surface area contributed by atoms with Crippen LogP contribution in [-0.4, -0.2) is 17.5 Å². The quantitative estimate of drug-likeness (QED) is 0.284. The molecule has 2 rings (SSSR count). The fraction of sp³-hybridized carbons (Fsp3) is 0.143. The molecule has 0 aliphatic rings. The molecule has 0 unspecified atom stereocenters. The van der Waals surface area contributed by atoms with Crippen molar-refractivity contribution >= 4 is 53.6 Å². The Morgan fingerprint density at radius 3 is 1.32 bits per heavy atom. The highest BCUT2D eigenvalue weighted by molar-refractivity contribution is 9.10. The molecule has 0 atom stereocenters. The summed E-state index contributed by atoms with van der Waals surface area (Å²) in [6, 6.07) is 11.0. The second-order valence-electron chi connectivity index (χ2n) is 4.47. The Kier molecular flexibility index (Phi) is 10.0. The van der Waals surface area contributed by atoms with E-state index in [1.807, 2.05) is 38.1 Å². The smallest absolute Gasteiger partial charge is 0.387 e. The first-order chi connectivity index (χ1) is 11.5. The topological polar surface area (TPSA) is 137 Å². The highest BCUT2D eigenvalue weighted by Crippen LogP contribution is 2.22. The van der Waals surface area contributed by atoms with E-state index >= 15 is 0 Å². The van der Waals surface area contributed by atoms with Crippen molar-refractivity contribution in [1.82, 2.24) is 0 Å².